The number of carboxylic acids is 1. The lowest BCUT2D eigenvalue weighted by molar-refractivity contribution is -0.145. The summed E-state index contributed by atoms with van der Waals surface area (Å²) >= 11 is 0. The number of hydrogen-bond donors (Lipinski definition) is 1. The van der Waals surface area contributed by atoms with Gasteiger partial charge in [0.25, 0.3) is 0 Å². The fraction of sp³-hybridized carbons (Fsp3) is 0.412. The minimum absolute atomic E-state index is 0.0699. The zero-order valence-electron chi connectivity index (χ0n) is 12.7. The summed E-state index contributed by atoms with van der Waals surface area (Å²) in [7, 11) is 0. The van der Waals surface area contributed by atoms with Crippen LogP contribution in [0.25, 0.3) is 6.08 Å². The molecule has 0 radical (unpaired) electrons. The lowest BCUT2D eigenvalue weighted by Gasteiger charge is -2.32. The van der Waals surface area contributed by atoms with Crippen molar-refractivity contribution in [3.05, 3.63) is 41.5 Å². The van der Waals surface area contributed by atoms with Crippen LogP contribution in [0.15, 0.2) is 30.3 Å². The first-order valence-corrected chi connectivity index (χ1v) is 7.41. The van der Waals surface area contributed by atoms with Gasteiger partial charge < -0.3 is 14.7 Å². The number of carbonyl (C=O) groups excluding carboxylic acids is 1. The van der Waals surface area contributed by atoms with E-state index in [1.807, 2.05) is 31.2 Å². The van der Waals surface area contributed by atoms with Crippen molar-refractivity contribution in [2.45, 2.75) is 25.8 Å². The fourth-order valence-electron chi connectivity index (χ4n) is 2.57. The Bertz CT molecular complexity index is 562. The molecule has 0 unspecified atom stereocenters. The Balaban J connectivity index is 2.08. The normalized spacial score (nSPS) is 15.9. The van der Waals surface area contributed by atoms with E-state index in [0.29, 0.717) is 26.1 Å². The van der Waals surface area contributed by atoms with Gasteiger partial charge in [0, 0.05) is 25.3 Å². The Morgan fingerprint density at radius 3 is 2.73 bits per heavy atom. The van der Waals surface area contributed by atoms with E-state index >= 15 is 0 Å². The van der Waals surface area contributed by atoms with E-state index in [0.717, 1.165) is 11.1 Å². The van der Waals surface area contributed by atoms with E-state index in [4.69, 9.17) is 9.84 Å². The highest BCUT2D eigenvalue weighted by atomic mass is 16.5. The molecule has 5 heteroatoms. The Kier molecular flexibility index (Phi) is 5.72. The summed E-state index contributed by atoms with van der Waals surface area (Å²) < 4.78 is 5.27. The molecule has 0 saturated carbocycles. The molecular weight excluding hydrogens is 282 g/mol. The van der Waals surface area contributed by atoms with Gasteiger partial charge >= 0.3 is 5.97 Å². The predicted octanol–water partition coefficient (Wildman–Crippen LogP) is 2.10. The summed E-state index contributed by atoms with van der Waals surface area (Å²) in [6.07, 6.45) is 4.53. The summed E-state index contributed by atoms with van der Waals surface area (Å²) in [6.45, 7) is 2.84. The Hall–Kier alpha value is -2.14. The smallest absolute Gasteiger partial charge is 0.323 e. The number of nitrogens with zero attached hydrogens (tertiary/aromatic N) is 1. The van der Waals surface area contributed by atoms with Crippen molar-refractivity contribution < 1.29 is 19.4 Å². The van der Waals surface area contributed by atoms with Gasteiger partial charge in [0.05, 0.1) is 0 Å². The van der Waals surface area contributed by atoms with Gasteiger partial charge in [-0.25, -0.2) is 0 Å². The van der Waals surface area contributed by atoms with Crippen molar-refractivity contribution in [1.82, 2.24) is 4.90 Å². The first-order valence-electron chi connectivity index (χ1n) is 7.41. The average Bonchev–Trinajstić information content (AvgIpc) is 2.51. The Morgan fingerprint density at radius 2 is 2.09 bits per heavy atom. The van der Waals surface area contributed by atoms with Gasteiger partial charge in [-0.1, -0.05) is 29.8 Å². The molecule has 1 amide bonds. The van der Waals surface area contributed by atoms with E-state index in [1.54, 1.807) is 6.08 Å². The molecule has 0 aromatic heterocycles. The molecule has 0 atom stereocenters. The third kappa shape index (κ3) is 4.70. The predicted molar refractivity (Wildman–Crippen MR) is 83.4 cm³/mol. The highest BCUT2D eigenvalue weighted by molar-refractivity contribution is 5.93. The average molecular weight is 303 g/mol. The summed E-state index contributed by atoms with van der Waals surface area (Å²) in [5.74, 6) is -1.26. The first kappa shape index (κ1) is 16.2. The number of ether oxygens (including phenoxy) is 1. The third-order valence-electron chi connectivity index (χ3n) is 3.68. The van der Waals surface area contributed by atoms with Crippen LogP contribution in [0.5, 0.6) is 0 Å². The fourth-order valence-corrected chi connectivity index (χ4v) is 2.57. The van der Waals surface area contributed by atoms with Crippen LogP contribution in [0.1, 0.15) is 24.0 Å². The maximum atomic E-state index is 12.4. The highest BCUT2D eigenvalue weighted by Crippen LogP contribution is 2.15. The van der Waals surface area contributed by atoms with Crippen molar-refractivity contribution in [2.24, 2.45) is 0 Å². The van der Waals surface area contributed by atoms with Crippen LogP contribution < -0.4 is 0 Å². The van der Waals surface area contributed by atoms with Gasteiger partial charge in [0.15, 0.2) is 0 Å². The molecule has 1 N–H and O–H groups in total. The second-order valence-electron chi connectivity index (χ2n) is 5.45. The van der Waals surface area contributed by atoms with Gasteiger partial charge in [0.1, 0.15) is 6.54 Å². The van der Waals surface area contributed by atoms with Gasteiger partial charge in [-0.3, -0.25) is 9.59 Å². The second-order valence-corrected chi connectivity index (χ2v) is 5.45. The third-order valence-corrected chi connectivity index (χ3v) is 3.68. The van der Waals surface area contributed by atoms with Crippen LogP contribution in [0, 0.1) is 6.92 Å². The number of aliphatic carboxylic acids is 1. The number of amides is 1. The van der Waals surface area contributed by atoms with Crippen LogP contribution in [-0.4, -0.2) is 47.7 Å². The highest BCUT2D eigenvalue weighted by Gasteiger charge is 2.26. The molecule has 2 rings (SSSR count). The van der Waals surface area contributed by atoms with Crippen LogP contribution in [0.2, 0.25) is 0 Å². The van der Waals surface area contributed by atoms with Gasteiger partial charge in [-0.15, -0.1) is 0 Å². The zero-order valence-corrected chi connectivity index (χ0v) is 12.7. The molecule has 5 nitrogen and oxygen atoms in total. The van der Waals surface area contributed by atoms with Crippen molar-refractivity contribution in [3.8, 4) is 0 Å². The quantitative estimate of drug-likeness (QED) is 0.846. The van der Waals surface area contributed by atoms with Gasteiger partial charge in [-0.2, -0.15) is 0 Å². The maximum absolute atomic E-state index is 12.4. The Labute approximate surface area is 130 Å². The van der Waals surface area contributed by atoms with E-state index in [9.17, 15) is 9.59 Å². The summed E-state index contributed by atoms with van der Waals surface area (Å²) in [5, 5.41) is 9.04. The van der Waals surface area contributed by atoms with E-state index in [-0.39, 0.29) is 18.5 Å². The van der Waals surface area contributed by atoms with Gasteiger partial charge in [0.2, 0.25) is 5.91 Å². The number of benzene rings is 1. The van der Waals surface area contributed by atoms with E-state index < -0.39 is 5.97 Å². The summed E-state index contributed by atoms with van der Waals surface area (Å²) in [4.78, 5) is 24.8. The SMILES string of the molecule is Cc1cccc(/C=C\C(=O)N(CC(=O)O)C2CCOCC2)c1. The molecule has 0 spiro atoms. The van der Waals surface area contributed by atoms with Crippen molar-refractivity contribution in [2.75, 3.05) is 19.8 Å². The number of aryl methyl sites for hydroxylation is 1. The minimum Gasteiger partial charge on any atom is -0.480 e. The molecule has 1 saturated heterocycles. The number of carbonyl (C=O) groups is 2. The molecule has 0 aliphatic carbocycles. The second kappa shape index (κ2) is 7.75. The lowest BCUT2D eigenvalue weighted by Crippen LogP contribution is -2.45. The molecule has 0 bridgehead atoms. The molecule has 1 aromatic rings. The molecular formula is C17H21NO4. The first-order chi connectivity index (χ1) is 10.6. The number of hydrogen-bond acceptors (Lipinski definition) is 3. The molecule has 1 aliphatic heterocycles. The van der Waals surface area contributed by atoms with Crippen LogP contribution in [0.3, 0.4) is 0 Å². The van der Waals surface area contributed by atoms with Crippen molar-refractivity contribution in [1.29, 1.82) is 0 Å². The number of rotatable bonds is 5. The largest absolute Gasteiger partial charge is 0.480 e. The van der Waals surface area contributed by atoms with Gasteiger partial charge in [-0.05, 0) is 31.4 Å². The molecule has 1 aromatic carbocycles. The maximum Gasteiger partial charge on any atom is 0.323 e. The molecule has 1 aliphatic rings. The lowest BCUT2D eigenvalue weighted by atomic mass is 10.1. The van der Waals surface area contributed by atoms with Crippen molar-refractivity contribution in [3.63, 3.8) is 0 Å². The molecule has 118 valence electrons. The van der Waals surface area contributed by atoms with Crippen LogP contribution in [-0.2, 0) is 14.3 Å². The zero-order chi connectivity index (χ0) is 15.9. The molecule has 1 heterocycles. The monoisotopic (exact) mass is 303 g/mol. The Morgan fingerprint density at radius 1 is 1.36 bits per heavy atom. The molecule has 22 heavy (non-hydrogen) atoms. The number of carboxylic acid groups (broad SMARTS) is 1. The standard InChI is InChI=1S/C17H21NO4/c1-13-3-2-4-14(11-13)5-6-16(19)18(12-17(20)21)15-7-9-22-10-8-15/h2-6,11,15H,7-10,12H2,1H3,(H,20,21)/b6-5-. The van der Waals surface area contributed by atoms with Crippen LogP contribution >= 0.6 is 0 Å². The van der Waals surface area contributed by atoms with Crippen LogP contribution in [0.4, 0.5) is 0 Å². The van der Waals surface area contributed by atoms with Crippen molar-refractivity contribution >= 4 is 18.0 Å². The molecule has 1 fully saturated rings. The topological polar surface area (TPSA) is 66.8 Å². The summed E-state index contributed by atoms with van der Waals surface area (Å²) in [6, 6.07) is 7.72. The minimum atomic E-state index is -0.996. The summed E-state index contributed by atoms with van der Waals surface area (Å²) in [5.41, 5.74) is 2.04. The van der Waals surface area contributed by atoms with E-state index in [2.05, 4.69) is 0 Å². The van der Waals surface area contributed by atoms with E-state index in [1.165, 1.54) is 11.0 Å².